The van der Waals surface area contributed by atoms with E-state index in [9.17, 15) is 4.79 Å². The zero-order valence-electron chi connectivity index (χ0n) is 6.23. The molecule has 0 atom stereocenters. The number of halogens is 1. The average molecular weight is 223 g/mol. The van der Waals surface area contributed by atoms with E-state index < -0.39 is 5.97 Å². The summed E-state index contributed by atoms with van der Waals surface area (Å²) >= 11 is 0. The Morgan fingerprint density at radius 2 is 2.36 bits per heavy atom. The van der Waals surface area contributed by atoms with E-state index in [0.29, 0.717) is 0 Å². The van der Waals surface area contributed by atoms with E-state index in [1.807, 2.05) is 18.1 Å². The third-order valence-corrected chi connectivity index (χ3v) is 1.38. The fourth-order valence-electron chi connectivity index (χ4n) is 0.852. The number of hydrogen-bond acceptors (Lipinski definition) is 3. The molecular formula is C6H11BrN2O2. The van der Waals surface area contributed by atoms with Crippen LogP contribution in [-0.2, 0) is 4.79 Å². The van der Waals surface area contributed by atoms with Crippen molar-refractivity contribution in [1.29, 1.82) is 0 Å². The number of hydrogen-bond donors (Lipinski definition) is 1. The molecule has 0 radical (unpaired) electrons. The summed E-state index contributed by atoms with van der Waals surface area (Å²) in [5.74, 6) is -0.807. The Balaban J connectivity index is 0.000001000. The van der Waals surface area contributed by atoms with Gasteiger partial charge in [-0.2, -0.15) is 0 Å². The maximum Gasteiger partial charge on any atom is 0.324 e. The molecule has 64 valence electrons. The number of rotatable bonds is 2. The maximum atomic E-state index is 10.2. The number of carboxylic acid groups (broad SMARTS) is 1. The summed E-state index contributed by atoms with van der Waals surface area (Å²) in [5.41, 5.74) is 0. The maximum absolute atomic E-state index is 10.2. The van der Waals surface area contributed by atoms with Crippen LogP contribution in [-0.4, -0.2) is 41.2 Å². The second-order valence-electron chi connectivity index (χ2n) is 2.22. The highest BCUT2D eigenvalue weighted by molar-refractivity contribution is 8.93. The van der Waals surface area contributed by atoms with Crippen molar-refractivity contribution in [2.24, 2.45) is 0 Å². The minimum absolute atomic E-state index is 0. The highest BCUT2D eigenvalue weighted by Gasteiger charge is 2.13. The van der Waals surface area contributed by atoms with E-state index in [1.165, 1.54) is 0 Å². The molecule has 0 amide bonds. The van der Waals surface area contributed by atoms with E-state index in [0.717, 1.165) is 6.54 Å². The summed E-state index contributed by atoms with van der Waals surface area (Å²) in [4.78, 5) is 10.2. The minimum Gasteiger partial charge on any atom is -0.480 e. The van der Waals surface area contributed by atoms with Gasteiger partial charge in [0, 0.05) is 19.8 Å². The van der Waals surface area contributed by atoms with Gasteiger partial charge >= 0.3 is 5.97 Å². The van der Waals surface area contributed by atoms with Crippen LogP contribution in [0.4, 0.5) is 0 Å². The quantitative estimate of drug-likeness (QED) is 0.732. The number of carboxylic acids is 1. The van der Waals surface area contributed by atoms with Crippen molar-refractivity contribution in [1.82, 2.24) is 10.0 Å². The van der Waals surface area contributed by atoms with Crippen molar-refractivity contribution in [2.75, 3.05) is 20.1 Å². The first-order valence-corrected chi connectivity index (χ1v) is 3.06. The Bertz CT molecular complexity index is 172. The highest BCUT2D eigenvalue weighted by Crippen LogP contribution is 2.02. The standard InChI is InChI=1S/C6H10N2O2.BrH/c1-7-3-2-4-8(7)5-6(9)10;/h2,4H,3,5H2,1H3,(H,9,10);1H. The largest absolute Gasteiger partial charge is 0.480 e. The van der Waals surface area contributed by atoms with Crippen molar-refractivity contribution >= 4 is 23.0 Å². The number of aliphatic carboxylic acids is 1. The van der Waals surface area contributed by atoms with Crippen molar-refractivity contribution in [2.45, 2.75) is 0 Å². The first-order chi connectivity index (χ1) is 4.70. The lowest BCUT2D eigenvalue weighted by atomic mass is 10.6. The van der Waals surface area contributed by atoms with Gasteiger partial charge in [0.15, 0.2) is 0 Å². The molecule has 0 aromatic rings. The summed E-state index contributed by atoms with van der Waals surface area (Å²) in [7, 11) is 1.85. The molecule has 0 saturated carbocycles. The Morgan fingerprint density at radius 1 is 1.73 bits per heavy atom. The Kier molecular flexibility index (Phi) is 4.14. The number of likely N-dealkylation sites (N-methyl/N-ethyl adjacent to an activating group) is 1. The van der Waals surface area contributed by atoms with Gasteiger partial charge in [-0.15, -0.1) is 17.0 Å². The molecule has 1 aliphatic rings. The molecule has 5 heteroatoms. The predicted octanol–water partition coefficient (Wildman–Crippen LogP) is 0.325. The normalized spacial score (nSPS) is 16.6. The molecule has 0 aromatic carbocycles. The third-order valence-electron chi connectivity index (χ3n) is 1.38. The molecular weight excluding hydrogens is 212 g/mol. The van der Waals surface area contributed by atoms with Gasteiger partial charge in [-0.3, -0.25) is 4.79 Å². The molecule has 0 bridgehead atoms. The summed E-state index contributed by atoms with van der Waals surface area (Å²) in [6, 6.07) is 0. The van der Waals surface area contributed by atoms with Gasteiger partial charge in [-0.1, -0.05) is 6.08 Å². The molecule has 0 fully saturated rings. The molecule has 0 unspecified atom stereocenters. The van der Waals surface area contributed by atoms with Gasteiger partial charge < -0.3 is 10.1 Å². The lowest BCUT2D eigenvalue weighted by Crippen LogP contribution is -2.35. The van der Waals surface area contributed by atoms with Crippen LogP contribution >= 0.6 is 17.0 Å². The van der Waals surface area contributed by atoms with Crippen LogP contribution in [0.25, 0.3) is 0 Å². The van der Waals surface area contributed by atoms with Gasteiger partial charge in [0.1, 0.15) is 6.54 Å². The minimum atomic E-state index is -0.807. The Morgan fingerprint density at radius 3 is 2.73 bits per heavy atom. The van der Waals surface area contributed by atoms with Crippen LogP contribution in [0.1, 0.15) is 0 Å². The van der Waals surface area contributed by atoms with E-state index >= 15 is 0 Å². The van der Waals surface area contributed by atoms with Crippen molar-refractivity contribution < 1.29 is 9.90 Å². The van der Waals surface area contributed by atoms with Gasteiger partial charge in [0.2, 0.25) is 0 Å². The van der Waals surface area contributed by atoms with E-state index in [1.54, 1.807) is 11.2 Å². The van der Waals surface area contributed by atoms with Crippen LogP contribution < -0.4 is 0 Å². The molecule has 4 nitrogen and oxygen atoms in total. The molecule has 0 spiro atoms. The second kappa shape index (κ2) is 4.35. The molecule has 0 aromatic heterocycles. The topological polar surface area (TPSA) is 43.8 Å². The third kappa shape index (κ3) is 2.90. The van der Waals surface area contributed by atoms with Crippen molar-refractivity contribution in [3.05, 3.63) is 12.3 Å². The highest BCUT2D eigenvalue weighted by atomic mass is 79.9. The summed E-state index contributed by atoms with van der Waals surface area (Å²) in [6.45, 7) is 0.847. The van der Waals surface area contributed by atoms with Gasteiger partial charge in [-0.25, -0.2) is 5.01 Å². The number of nitrogens with zero attached hydrogens (tertiary/aromatic N) is 2. The SMILES string of the molecule is Br.CN1CC=CN1CC(=O)O. The molecule has 11 heavy (non-hydrogen) atoms. The summed E-state index contributed by atoms with van der Waals surface area (Å²) in [5, 5.41) is 11.9. The average Bonchev–Trinajstić information content (AvgIpc) is 2.15. The fraction of sp³-hybridized carbons (Fsp3) is 0.500. The van der Waals surface area contributed by atoms with E-state index in [4.69, 9.17) is 5.11 Å². The monoisotopic (exact) mass is 222 g/mol. The molecule has 1 N–H and O–H groups in total. The summed E-state index contributed by atoms with van der Waals surface area (Å²) in [6.07, 6.45) is 3.69. The van der Waals surface area contributed by atoms with Crippen LogP contribution in [0.5, 0.6) is 0 Å². The van der Waals surface area contributed by atoms with E-state index in [-0.39, 0.29) is 23.5 Å². The second-order valence-corrected chi connectivity index (χ2v) is 2.22. The first kappa shape index (κ1) is 10.4. The van der Waals surface area contributed by atoms with Crippen LogP contribution in [0.15, 0.2) is 12.3 Å². The zero-order chi connectivity index (χ0) is 7.56. The Labute approximate surface area is 75.8 Å². The number of carbonyl (C=O) groups is 1. The first-order valence-electron chi connectivity index (χ1n) is 3.06. The van der Waals surface area contributed by atoms with Gasteiger partial charge in [0.25, 0.3) is 0 Å². The van der Waals surface area contributed by atoms with Crippen LogP contribution in [0.3, 0.4) is 0 Å². The molecule has 0 saturated heterocycles. The molecule has 1 heterocycles. The van der Waals surface area contributed by atoms with E-state index in [2.05, 4.69) is 0 Å². The van der Waals surface area contributed by atoms with Crippen LogP contribution in [0, 0.1) is 0 Å². The predicted molar refractivity (Wildman–Crippen MR) is 46.4 cm³/mol. The van der Waals surface area contributed by atoms with Crippen molar-refractivity contribution in [3.63, 3.8) is 0 Å². The molecule has 0 aliphatic carbocycles. The molecule has 1 rings (SSSR count). The number of hydrazine groups is 1. The Hall–Kier alpha value is -0.550. The molecule has 1 aliphatic heterocycles. The van der Waals surface area contributed by atoms with Crippen molar-refractivity contribution in [3.8, 4) is 0 Å². The lowest BCUT2D eigenvalue weighted by Gasteiger charge is -2.22. The van der Waals surface area contributed by atoms with Gasteiger partial charge in [0.05, 0.1) is 0 Å². The fourth-order valence-corrected chi connectivity index (χ4v) is 0.852. The van der Waals surface area contributed by atoms with Crippen LogP contribution in [0.2, 0.25) is 0 Å². The van der Waals surface area contributed by atoms with Gasteiger partial charge in [-0.05, 0) is 0 Å². The lowest BCUT2D eigenvalue weighted by molar-refractivity contribution is -0.140. The zero-order valence-corrected chi connectivity index (χ0v) is 7.94. The smallest absolute Gasteiger partial charge is 0.324 e. The summed E-state index contributed by atoms with van der Waals surface area (Å²) < 4.78 is 0.